The number of amides is 6. The molecule has 0 radical (unpaired) electrons. The summed E-state index contributed by atoms with van der Waals surface area (Å²) in [7, 11) is 0. The Morgan fingerprint density at radius 2 is 1.42 bits per heavy atom. The highest BCUT2D eigenvalue weighted by Gasteiger charge is 2.40. The number of carboxylic acid groups (broad SMARTS) is 2. The molecule has 356 valence electrons. The van der Waals surface area contributed by atoms with E-state index in [2.05, 4.69) is 46.9 Å². The van der Waals surface area contributed by atoms with Crippen LogP contribution in [0.1, 0.15) is 90.8 Å². The molecule has 0 bridgehead atoms. The first-order chi connectivity index (χ1) is 30.7. The van der Waals surface area contributed by atoms with Crippen LogP contribution in [0.4, 0.5) is 0 Å². The van der Waals surface area contributed by atoms with Gasteiger partial charge in [0.25, 0.3) is 0 Å². The third-order valence-electron chi connectivity index (χ3n) is 11.8. The monoisotopic (exact) mass is 908 g/mol. The summed E-state index contributed by atoms with van der Waals surface area (Å²) in [4.78, 5) is 117. The fraction of sp³-hybridized carbons (Fsp3) is 0.568. The molecule has 3 aromatic rings. The van der Waals surface area contributed by atoms with Gasteiger partial charge >= 0.3 is 11.9 Å². The molecule has 1 saturated carbocycles. The van der Waals surface area contributed by atoms with Crippen molar-refractivity contribution in [1.29, 1.82) is 0 Å². The van der Waals surface area contributed by atoms with Crippen molar-refractivity contribution >= 4 is 58.3 Å². The Kier molecular flexibility index (Phi) is 18.6. The Balaban J connectivity index is 1.60. The standard InChI is InChI=1S/C44H64N10O11/c1-6-23(2)34(40(61)49-30(38(59)51-32(21-55)43(64)65)16-25-19-47-29-15-11-10-14-27(25)29)52-39(60)31(17-26-20-46-22-48-26)50-42(63)36(44(3,4)5)54-41(62)35(24-12-8-7-9-13-24)53-37(58)28(45)18-33(56)57/h10-11,14-15,19-20,22-24,28,30-32,34-36,47,55H,6-9,12-13,16-18,21,45H2,1-5H3,(H,46,48)(H,49,61)(H,50,63)(H,51,59)(H,52,60)(H,53,58)(H,54,62)(H,56,57)(H,64,65)/t23-,28-,30-,31-,32-,34-,35-,36+/m0/s1. The second kappa shape index (κ2) is 23.5. The molecule has 21 nitrogen and oxygen atoms in total. The van der Waals surface area contributed by atoms with E-state index >= 15 is 0 Å². The first kappa shape index (κ1) is 51.3. The predicted molar refractivity (Wildman–Crippen MR) is 236 cm³/mol. The number of nitrogens with two attached hydrogens (primary N) is 1. The average molecular weight is 909 g/mol. The summed E-state index contributed by atoms with van der Waals surface area (Å²) < 4.78 is 0. The summed E-state index contributed by atoms with van der Waals surface area (Å²) in [6, 6.07) is -2.29. The molecular formula is C44H64N10O11. The highest BCUT2D eigenvalue weighted by molar-refractivity contribution is 5.98. The zero-order valence-corrected chi connectivity index (χ0v) is 37.4. The van der Waals surface area contributed by atoms with Crippen molar-refractivity contribution in [1.82, 2.24) is 46.9 Å². The van der Waals surface area contributed by atoms with Gasteiger partial charge in [0, 0.05) is 41.8 Å². The van der Waals surface area contributed by atoms with Crippen LogP contribution in [0.15, 0.2) is 43.0 Å². The van der Waals surface area contributed by atoms with Crippen molar-refractivity contribution in [2.75, 3.05) is 6.61 Å². The third kappa shape index (κ3) is 14.6. The topological polar surface area (TPSA) is 340 Å². The minimum atomic E-state index is -1.66. The van der Waals surface area contributed by atoms with Gasteiger partial charge in [-0.2, -0.15) is 0 Å². The molecular weight excluding hydrogens is 845 g/mol. The molecule has 1 aliphatic rings. The molecule has 1 aromatic carbocycles. The van der Waals surface area contributed by atoms with Gasteiger partial charge in [0.05, 0.1) is 25.4 Å². The maximum atomic E-state index is 14.4. The molecule has 2 aromatic heterocycles. The zero-order chi connectivity index (χ0) is 48.0. The highest BCUT2D eigenvalue weighted by Crippen LogP contribution is 2.28. The van der Waals surface area contributed by atoms with Gasteiger partial charge in [-0.3, -0.25) is 33.6 Å². The summed E-state index contributed by atoms with van der Waals surface area (Å²) in [5.74, 6) is -8.40. The third-order valence-corrected chi connectivity index (χ3v) is 11.8. The summed E-state index contributed by atoms with van der Waals surface area (Å²) in [5, 5.41) is 45.0. The first-order valence-corrected chi connectivity index (χ1v) is 21.9. The number of nitrogens with zero attached hydrogens (tertiary/aromatic N) is 1. The van der Waals surface area contributed by atoms with Crippen molar-refractivity contribution in [2.24, 2.45) is 23.0 Å². The fourth-order valence-electron chi connectivity index (χ4n) is 7.80. The lowest BCUT2D eigenvalue weighted by Crippen LogP contribution is -2.63. The number of carbonyl (C=O) groups is 8. The van der Waals surface area contributed by atoms with Gasteiger partial charge in [-0.25, -0.2) is 9.78 Å². The number of fused-ring (bicyclic) bond motifs is 1. The smallest absolute Gasteiger partial charge is 0.328 e. The number of aromatic amines is 2. The lowest BCUT2D eigenvalue weighted by Gasteiger charge is -2.36. The van der Waals surface area contributed by atoms with Gasteiger partial charge < -0.3 is 62.9 Å². The van der Waals surface area contributed by atoms with Crippen LogP contribution in [0.2, 0.25) is 0 Å². The quantitative estimate of drug-likeness (QED) is 0.0603. The van der Waals surface area contributed by atoms with E-state index in [0.29, 0.717) is 30.5 Å². The van der Waals surface area contributed by atoms with Gasteiger partial charge in [-0.15, -0.1) is 0 Å². The maximum Gasteiger partial charge on any atom is 0.328 e. The molecule has 4 rings (SSSR count). The van der Waals surface area contributed by atoms with Crippen molar-refractivity contribution in [3.05, 3.63) is 54.2 Å². The number of nitrogens with one attached hydrogen (secondary N) is 8. The SMILES string of the molecule is CC[C@H](C)[C@H](NC(=O)[C@H](Cc1cnc[nH]1)NC(=O)[C@@H](NC(=O)[C@@H](NC(=O)[C@@H](N)CC(=O)O)C1CCCCC1)C(C)(C)C)C(=O)N[C@@H](Cc1c[nH]c2ccccc12)C(=O)N[C@@H](CO)C(=O)O. The Morgan fingerprint density at radius 1 is 0.785 bits per heavy atom. The lowest BCUT2D eigenvalue weighted by molar-refractivity contribution is -0.143. The van der Waals surface area contributed by atoms with E-state index in [1.54, 1.807) is 46.9 Å². The molecule has 2 heterocycles. The minimum Gasteiger partial charge on any atom is -0.481 e. The van der Waals surface area contributed by atoms with E-state index in [1.807, 2.05) is 18.2 Å². The number of aliphatic hydroxyl groups is 1. The number of carboxylic acids is 2. The molecule has 8 atom stereocenters. The largest absolute Gasteiger partial charge is 0.481 e. The Hall–Kier alpha value is -6.35. The van der Waals surface area contributed by atoms with E-state index in [9.17, 15) is 53.7 Å². The van der Waals surface area contributed by atoms with Gasteiger partial charge in [0.15, 0.2) is 0 Å². The van der Waals surface area contributed by atoms with Gasteiger partial charge in [0.1, 0.15) is 36.3 Å². The van der Waals surface area contributed by atoms with E-state index < -0.39 is 114 Å². The molecule has 65 heavy (non-hydrogen) atoms. The van der Waals surface area contributed by atoms with Gasteiger partial charge in [-0.1, -0.05) is 78.5 Å². The number of H-pyrrole nitrogens is 2. The fourth-order valence-corrected chi connectivity index (χ4v) is 7.80. The Bertz CT molecular complexity index is 2130. The lowest BCUT2D eigenvalue weighted by atomic mass is 9.82. The number of carbonyl (C=O) groups excluding carboxylic acids is 6. The summed E-state index contributed by atoms with van der Waals surface area (Å²) in [6.07, 6.45) is 7.68. The number of para-hydroxylation sites is 1. The summed E-state index contributed by atoms with van der Waals surface area (Å²) >= 11 is 0. The van der Waals surface area contributed by atoms with Crippen molar-refractivity contribution in [3.63, 3.8) is 0 Å². The van der Waals surface area contributed by atoms with Crippen LogP contribution in [0.25, 0.3) is 10.9 Å². The zero-order valence-electron chi connectivity index (χ0n) is 37.4. The van der Waals surface area contributed by atoms with E-state index in [0.717, 1.165) is 30.2 Å². The van der Waals surface area contributed by atoms with Gasteiger partial charge in [0.2, 0.25) is 35.4 Å². The second-order valence-corrected chi connectivity index (χ2v) is 17.8. The predicted octanol–water partition coefficient (Wildman–Crippen LogP) is 0.136. The van der Waals surface area contributed by atoms with E-state index in [4.69, 9.17) is 5.73 Å². The van der Waals surface area contributed by atoms with Crippen LogP contribution in [0.5, 0.6) is 0 Å². The number of aliphatic carboxylic acids is 2. The number of rotatable bonds is 23. The molecule has 13 N–H and O–H groups in total. The molecule has 21 heteroatoms. The number of benzene rings is 1. The van der Waals surface area contributed by atoms with Crippen LogP contribution >= 0.6 is 0 Å². The Morgan fingerprint density at radius 3 is 2.02 bits per heavy atom. The molecule has 1 aliphatic carbocycles. The van der Waals surface area contributed by atoms with Crippen molar-refractivity contribution < 1.29 is 53.7 Å². The highest BCUT2D eigenvalue weighted by atomic mass is 16.4. The normalized spacial score (nSPS) is 16.9. The average Bonchev–Trinajstić information content (AvgIpc) is 3.94. The van der Waals surface area contributed by atoms with Crippen LogP contribution in [-0.2, 0) is 51.2 Å². The number of hydrogen-bond acceptors (Lipinski definition) is 11. The van der Waals surface area contributed by atoms with Crippen molar-refractivity contribution in [2.45, 2.75) is 135 Å². The van der Waals surface area contributed by atoms with Gasteiger partial charge in [-0.05, 0) is 41.7 Å². The molecule has 1 fully saturated rings. The molecule has 0 aliphatic heterocycles. The van der Waals surface area contributed by atoms with Crippen LogP contribution < -0.4 is 37.6 Å². The number of aromatic nitrogens is 3. The van der Waals surface area contributed by atoms with Crippen LogP contribution in [-0.4, -0.2) is 127 Å². The van der Waals surface area contributed by atoms with E-state index in [-0.39, 0.29) is 18.8 Å². The van der Waals surface area contributed by atoms with Crippen LogP contribution in [0.3, 0.4) is 0 Å². The van der Waals surface area contributed by atoms with E-state index in [1.165, 1.54) is 12.5 Å². The number of imidazole rings is 1. The second-order valence-electron chi connectivity index (χ2n) is 17.8. The minimum absolute atomic E-state index is 0.0978. The molecule has 0 unspecified atom stereocenters. The molecule has 0 spiro atoms. The summed E-state index contributed by atoms with van der Waals surface area (Å²) in [6.45, 7) is 7.67. The number of hydrogen-bond donors (Lipinski definition) is 12. The number of aliphatic hydroxyl groups excluding tert-OH is 1. The first-order valence-electron chi connectivity index (χ1n) is 21.9. The molecule has 6 amide bonds. The van der Waals surface area contributed by atoms with Crippen molar-refractivity contribution in [3.8, 4) is 0 Å². The maximum absolute atomic E-state index is 14.4. The Labute approximate surface area is 376 Å². The van der Waals surface area contributed by atoms with Crippen LogP contribution in [0, 0.1) is 17.3 Å². The molecule has 0 saturated heterocycles. The summed E-state index contributed by atoms with van der Waals surface area (Å²) in [5.41, 5.74) is 6.69.